The van der Waals surface area contributed by atoms with Gasteiger partial charge in [-0.25, -0.2) is 0 Å². The number of epoxide rings is 1. The van der Waals surface area contributed by atoms with Crippen LogP contribution in [0.25, 0.3) is 0 Å². The van der Waals surface area contributed by atoms with Crippen molar-refractivity contribution < 1.29 is 59.2 Å². The number of nitrogens with zero attached hydrogens (tertiary/aromatic N) is 1. The maximum Gasteiger partial charge on any atom is -1.00 e. The van der Waals surface area contributed by atoms with Crippen molar-refractivity contribution in [3.05, 3.63) is 0 Å². The molecular formula is C30H61Cl2I6N6O6-. The Morgan fingerprint density at radius 1 is 0.780 bits per heavy atom. The molecule has 6 N–H and O–H groups in total. The molecule has 2 fully saturated rings. The largest absolute Gasteiger partial charge is 1.00 e. The minimum atomic E-state index is -0.191. The molecule has 2 aliphatic heterocycles. The topological polar surface area (TPSA) is 161 Å². The summed E-state index contributed by atoms with van der Waals surface area (Å²) >= 11 is 14.8. The number of aliphatic hydroxyl groups excluding tert-OH is 1. The SMILES string of the molecule is CNCCNCCNC(=O)CCCCC(C)=O.CNCC[N+]1(CCNC(=O)CCCCC(C)=O)CC(O)C1.ClCC1CO1.I.II.I[I-]I.[Cl-]. The number of likely N-dealkylation sites (tertiary alicyclic amines) is 1. The molecular weight excluding hydrogens is 1370 g/mol. The number of amides is 2. The average molecular weight is 1430 g/mol. The number of likely N-dealkylation sites (N-methyl/N-ethyl adjacent to an activating group) is 2. The van der Waals surface area contributed by atoms with Crippen LogP contribution in [0.4, 0.5) is 0 Å². The van der Waals surface area contributed by atoms with Crippen LogP contribution in [0.2, 0.25) is 0 Å². The smallest absolute Gasteiger partial charge is 1.00 e. The molecule has 0 aromatic rings. The zero-order valence-electron chi connectivity index (χ0n) is 29.8. The number of ether oxygens (including phenoxy) is 1. The van der Waals surface area contributed by atoms with Crippen LogP contribution >= 0.6 is 110 Å². The van der Waals surface area contributed by atoms with Crippen molar-refractivity contribution in [1.82, 2.24) is 26.6 Å². The van der Waals surface area contributed by atoms with E-state index in [4.69, 9.17) is 16.3 Å². The quantitative estimate of drug-likeness (QED) is 0.0236. The van der Waals surface area contributed by atoms with Crippen LogP contribution in [0.5, 0.6) is 0 Å². The molecule has 0 saturated carbocycles. The number of carbonyl (C=O) groups is 4. The molecule has 0 spiro atoms. The van der Waals surface area contributed by atoms with Gasteiger partial charge < -0.3 is 62.9 Å². The van der Waals surface area contributed by atoms with E-state index < -0.39 is 0 Å². The minimum Gasteiger partial charge on any atom is -1.00 e. The monoisotopic (exact) mass is 1430 g/mol. The van der Waals surface area contributed by atoms with Gasteiger partial charge in [-0.2, -0.15) is 0 Å². The van der Waals surface area contributed by atoms with Crippen LogP contribution in [-0.4, -0.2) is 137 Å². The first-order chi connectivity index (χ1) is 23.0. The van der Waals surface area contributed by atoms with E-state index in [1.54, 1.807) is 13.8 Å². The molecule has 1 unspecified atom stereocenters. The molecule has 2 aliphatic rings. The van der Waals surface area contributed by atoms with E-state index in [9.17, 15) is 24.3 Å². The number of quaternary nitrogens is 1. The number of hydrogen-bond acceptors (Lipinski definition) is 9. The van der Waals surface area contributed by atoms with E-state index in [0.29, 0.717) is 64.0 Å². The van der Waals surface area contributed by atoms with Gasteiger partial charge in [-0.3, -0.25) is 9.59 Å². The number of aliphatic hydroxyl groups is 1. The summed E-state index contributed by atoms with van der Waals surface area (Å²) in [4.78, 5) is 44.5. The van der Waals surface area contributed by atoms with Gasteiger partial charge >= 0.3 is 50.5 Å². The number of hydrogen-bond donors (Lipinski definition) is 6. The number of ketones is 2. The summed E-state index contributed by atoms with van der Waals surface area (Å²) in [6.07, 6.45) is 5.52. The Balaban J connectivity index is -0.000000208. The van der Waals surface area contributed by atoms with Gasteiger partial charge in [-0.1, -0.05) is 0 Å². The van der Waals surface area contributed by atoms with E-state index >= 15 is 0 Å². The Kier molecular flexibility index (Phi) is 57.7. The van der Waals surface area contributed by atoms with Crippen molar-refractivity contribution in [2.45, 2.75) is 77.4 Å². The number of nitrogens with one attached hydrogen (secondary N) is 5. The fraction of sp³-hybridized carbons (Fsp3) is 0.867. The third kappa shape index (κ3) is 47.2. The van der Waals surface area contributed by atoms with Crippen molar-refractivity contribution in [1.29, 1.82) is 0 Å². The van der Waals surface area contributed by atoms with Gasteiger partial charge in [0.05, 0.1) is 38.2 Å². The van der Waals surface area contributed by atoms with Crippen molar-refractivity contribution in [3.8, 4) is 0 Å². The summed E-state index contributed by atoms with van der Waals surface area (Å²) in [5, 5.41) is 24.7. The number of unbranched alkanes of at least 4 members (excludes halogenated alkanes) is 2. The molecule has 0 bridgehead atoms. The van der Waals surface area contributed by atoms with Gasteiger partial charge in [0, 0.05) is 95.6 Å². The number of carbonyl (C=O) groups excluding carboxylic acids is 4. The average Bonchev–Trinajstić information content (AvgIpc) is 3.88. The Hall–Kier alpha value is 3.00. The van der Waals surface area contributed by atoms with E-state index in [-0.39, 0.29) is 65.9 Å². The van der Waals surface area contributed by atoms with Crippen LogP contribution in [0, 0.1) is 0 Å². The molecule has 0 radical (unpaired) electrons. The Morgan fingerprint density at radius 3 is 1.54 bits per heavy atom. The summed E-state index contributed by atoms with van der Waals surface area (Å²) in [5.74, 6) is 1.18. The summed E-state index contributed by atoms with van der Waals surface area (Å²) in [7, 11) is 3.83. The molecule has 0 aliphatic carbocycles. The maximum atomic E-state index is 11.7. The van der Waals surface area contributed by atoms with Crippen LogP contribution in [0.15, 0.2) is 0 Å². The van der Waals surface area contributed by atoms with Crippen molar-refractivity contribution in [3.63, 3.8) is 0 Å². The summed E-state index contributed by atoms with van der Waals surface area (Å²) in [6.45, 7) is 12.3. The first-order valence-electron chi connectivity index (χ1n) is 16.2. The van der Waals surface area contributed by atoms with E-state index in [1.165, 1.54) is 0 Å². The summed E-state index contributed by atoms with van der Waals surface area (Å²) < 4.78 is 5.61. The minimum absolute atomic E-state index is 0. The Morgan fingerprint density at radius 2 is 1.18 bits per heavy atom. The molecule has 50 heavy (non-hydrogen) atoms. The summed E-state index contributed by atoms with van der Waals surface area (Å²) in [5.41, 5.74) is 0. The van der Waals surface area contributed by atoms with Crippen molar-refractivity contribution >= 4 is 133 Å². The van der Waals surface area contributed by atoms with Crippen LogP contribution in [0.3, 0.4) is 0 Å². The third-order valence-electron chi connectivity index (χ3n) is 7.06. The van der Waals surface area contributed by atoms with Gasteiger partial charge in [-0.15, -0.1) is 35.6 Å². The van der Waals surface area contributed by atoms with E-state index in [1.807, 2.05) is 14.1 Å². The molecule has 12 nitrogen and oxygen atoms in total. The fourth-order valence-electron chi connectivity index (χ4n) is 4.38. The molecule has 2 heterocycles. The Labute approximate surface area is 383 Å². The number of rotatable bonds is 23. The second-order valence-electron chi connectivity index (χ2n) is 11.4. The van der Waals surface area contributed by atoms with Crippen molar-refractivity contribution in [2.24, 2.45) is 0 Å². The molecule has 0 aromatic heterocycles. The first-order valence-corrected chi connectivity index (χ1v) is 35.6. The van der Waals surface area contributed by atoms with Crippen molar-refractivity contribution in [2.75, 3.05) is 92.0 Å². The van der Waals surface area contributed by atoms with Gasteiger partial charge in [0.2, 0.25) is 11.8 Å². The second kappa shape index (κ2) is 46.4. The van der Waals surface area contributed by atoms with E-state index in [2.05, 4.69) is 101 Å². The fourth-order valence-corrected chi connectivity index (χ4v) is 4.56. The molecule has 2 saturated heterocycles. The zero-order valence-corrected chi connectivity index (χ0v) is 44.4. The Bertz CT molecular complexity index is 812. The second-order valence-corrected chi connectivity index (χ2v) is 28.0. The molecule has 20 heteroatoms. The number of alkyl halides is 1. The third-order valence-corrected chi connectivity index (χ3v) is 7.40. The van der Waals surface area contributed by atoms with Gasteiger partial charge in [0.15, 0.2) is 6.10 Å². The van der Waals surface area contributed by atoms with E-state index in [0.717, 1.165) is 89.1 Å². The zero-order chi connectivity index (χ0) is 37.1. The normalized spacial score (nSPS) is 17.7. The number of Topliss-reactive ketones (excluding diaryl/α,β-unsaturated/α-hetero) is 2. The predicted octanol–water partition coefficient (Wildman–Crippen LogP) is -1.48. The summed E-state index contributed by atoms with van der Waals surface area (Å²) in [6, 6.07) is 0. The molecule has 304 valence electrons. The standard InChI is InChI=1S/C15H29N3O3.C12H25N3O2.C3H5ClO.ClH.I3.I2.HI/c1-13(19)5-3-4-6-15(21)17-8-10-18(9-7-16-2)11-14(20)12-18;1-11(16)5-3-4-6-12(17)15-10-9-14-8-7-13-2;4-1-3-2-5-3;;1-3-2;1-2;/h14,16,20H,3-12H2,1-2H3;13-14H,3-10H2,1-2H3,(H,15,17);3H,1-2H2;1H;;;1H/q;;;;-1;;. The van der Waals surface area contributed by atoms with Crippen LogP contribution in [-0.2, 0) is 23.9 Å². The van der Waals surface area contributed by atoms with Gasteiger partial charge in [-0.05, 0) is 53.6 Å². The molecule has 2 rings (SSSR count). The van der Waals surface area contributed by atoms with Gasteiger partial charge in [0.1, 0.15) is 24.7 Å². The van der Waals surface area contributed by atoms with Gasteiger partial charge in [0.25, 0.3) is 0 Å². The molecule has 1 atom stereocenters. The maximum absolute atomic E-state index is 11.7. The van der Waals surface area contributed by atoms with Crippen LogP contribution < -0.4 is 52.2 Å². The van der Waals surface area contributed by atoms with Crippen LogP contribution in [0.1, 0.15) is 65.2 Å². The number of halogens is 8. The predicted molar refractivity (Wildman–Crippen MR) is 243 cm³/mol. The molecule has 0 aromatic carbocycles. The molecule has 2 amide bonds. The first kappa shape index (κ1) is 62.2.